The molecule has 130 valence electrons. The number of hydrogen-bond acceptors (Lipinski definition) is 6. The summed E-state index contributed by atoms with van der Waals surface area (Å²) in [5, 5.41) is 5.65. The first-order valence-corrected chi connectivity index (χ1v) is 9.92. The van der Waals surface area contributed by atoms with Gasteiger partial charge >= 0.3 is 6.09 Å². The molecule has 1 amide bonds. The Morgan fingerprint density at radius 3 is 2.54 bits per heavy atom. The van der Waals surface area contributed by atoms with E-state index in [4.69, 9.17) is 4.74 Å². The van der Waals surface area contributed by atoms with Gasteiger partial charge in [-0.2, -0.15) is 0 Å². The van der Waals surface area contributed by atoms with Crippen LogP contribution in [0.4, 0.5) is 9.93 Å². The summed E-state index contributed by atoms with van der Waals surface area (Å²) in [6, 6.07) is 0. The molecule has 0 aliphatic carbocycles. The van der Waals surface area contributed by atoms with Gasteiger partial charge < -0.3 is 14.5 Å². The van der Waals surface area contributed by atoms with Crippen LogP contribution in [0.15, 0.2) is 6.20 Å². The Balaban J connectivity index is 1.40. The SMILES string of the molecule is CC(C)(C)OC(=O)N1CC2CN(c3nn4cc(I)nc4s3)CC2C1. The zero-order chi connectivity index (χ0) is 17.1. The molecule has 2 aliphatic heterocycles. The van der Waals surface area contributed by atoms with Crippen molar-refractivity contribution in [3.8, 4) is 0 Å². The van der Waals surface area contributed by atoms with E-state index < -0.39 is 5.60 Å². The van der Waals surface area contributed by atoms with E-state index in [2.05, 4.69) is 37.6 Å². The third-order valence-corrected chi connectivity index (χ3v) is 5.91. The summed E-state index contributed by atoms with van der Waals surface area (Å²) in [4.78, 5) is 21.8. The van der Waals surface area contributed by atoms with Gasteiger partial charge in [0.2, 0.25) is 10.1 Å². The van der Waals surface area contributed by atoms with E-state index >= 15 is 0 Å². The summed E-state index contributed by atoms with van der Waals surface area (Å²) >= 11 is 3.83. The standard InChI is InChI=1S/C15H20IN5O2S/c1-15(2,3)23-14(22)20-6-9-4-19(5-10(9)7-20)13-18-21-8-11(16)17-12(21)24-13/h8-10H,4-7H2,1-3H3. The van der Waals surface area contributed by atoms with Crippen molar-refractivity contribution in [1.82, 2.24) is 19.5 Å². The number of anilines is 1. The Morgan fingerprint density at radius 2 is 1.96 bits per heavy atom. The van der Waals surface area contributed by atoms with Crippen LogP contribution in [-0.2, 0) is 4.74 Å². The van der Waals surface area contributed by atoms with E-state index in [1.54, 1.807) is 11.3 Å². The van der Waals surface area contributed by atoms with Crippen LogP contribution in [-0.4, -0.2) is 57.4 Å². The summed E-state index contributed by atoms with van der Waals surface area (Å²) in [7, 11) is 0. The molecule has 4 heterocycles. The number of aromatic nitrogens is 3. The first kappa shape index (κ1) is 16.4. The maximum absolute atomic E-state index is 12.2. The molecule has 9 heteroatoms. The number of ether oxygens (including phenoxy) is 1. The molecule has 2 atom stereocenters. The third kappa shape index (κ3) is 3.07. The molecule has 0 aromatic carbocycles. The van der Waals surface area contributed by atoms with Crippen LogP contribution in [0, 0.1) is 15.5 Å². The molecule has 2 aromatic heterocycles. The van der Waals surface area contributed by atoms with Crippen LogP contribution >= 0.6 is 33.9 Å². The molecule has 0 N–H and O–H groups in total. The number of halogens is 1. The molecule has 2 fully saturated rings. The van der Waals surface area contributed by atoms with Gasteiger partial charge in [0.1, 0.15) is 9.30 Å². The van der Waals surface area contributed by atoms with E-state index in [-0.39, 0.29) is 6.09 Å². The summed E-state index contributed by atoms with van der Waals surface area (Å²) in [6.07, 6.45) is 1.75. The van der Waals surface area contributed by atoms with E-state index in [1.165, 1.54) is 0 Å². The highest BCUT2D eigenvalue weighted by atomic mass is 127. The number of amides is 1. The Hall–Kier alpha value is -1.10. The molecular formula is C15H20IN5O2S. The van der Waals surface area contributed by atoms with Crippen molar-refractivity contribution in [1.29, 1.82) is 0 Å². The van der Waals surface area contributed by atoms with Gasteiger partial charge in [0.25, 0.3) is 0 Å². The van der Waals surface area contributed by atoms with Crippen LogP contribution in [0.5, 0.6) is 0 Å². The van der Waals surface area contributed by atoms with E-state index in [1.807, 2.05) is 36.4 Å². The largest absolute Gasteiger partial charge is 0.444 e. The second-order valence-electron chi connectivity index (χ2n) is 7.49. The minimum atomic E-state index is -0.436. The molecule has 2 unspecified atom stereocenters. The van der Waals surface area contributed by atoms with Gasteiger partial charge in [-0.3, -0.25) is 0 Å². The van der Waals surface area contributed by atoms with Gasteiger partial charge in [0.05, 0.1) is 6.20 Å². The molecule has 0 spiro atoms. The van der Waals surface area contributed by atoms with Gasteiger partial charge in [-0.1, -0.05) is 11.3 Å². The van der Waals surface area contributed by atoms with Crippen molar-refractivity contribution in [2.45, 2.75) is 26.4 Å². The molecular weight excluding hydrogens is 441 g/mol. The Kier molecular flexibility index (Phi) is 3.90. The summed E-state index contributed by atoms with van der Waals surface area (Å²) in [5.41, 5.74) is -0.436. The average molecular weight is 461 g/mol. The lowest BCUT2D eigenvalue weighted by atomic mass is 10.0. The first-order valence-electron chi connectivity index (χ1n) is 8.03. The zero-order valence-electron chi connectivity index (χ0n) is 13.9. The molecule has 7 nitrogen and oxygen atoms in total. The van der Waals surface area contributed by atoms with Crippen molar-refractivity contribution in [3.05, 3.63) is 9.90 Å². The average Bonchev–Trinajstić information content (AvgIpc) is 3.11. The normalized spacial score (nSPS) is 24.0. The van der Waals surface area contributed by atoms with Crippen LogP contribution in [0.1, 0.15) is 20.8 Å². The van der Waals surface area contributed by atoms with Crippen molar-refractivity contribution < 1.29 is 9.53 Å². The highest BCUT2D eigenvalue weighted by molar-refractivity contribution is 14.1. The number of carbonyl (C=O) groups is 1. The second-order valence-corrected chi connectivity index (χ2v) is 9.53. The van der Waals surface area contributed by atoms with Gasteiger partial charge in [0, 0.05) is 38.0 Å². The molecule has 2 saturated heterocycles. The Morgan fingerprint density at radius 1 is 1.29 bits per heavy atom. The number of carbonyl (C=O) groups excluding carboxylic acids is 1. The predicted octanol–water partition coefficient (Wildman–Crippen LogP) is 2.70. The lowest BCUT2D eigenvalue weighted by Gasteiger charge is -2.25. The van der Waals surface area contributed by atoms with Crippen LogP contribution in [0.2, 0.25) is 0 Å². The minimum absolute atomic E-state index is 0.189. The van der Waals surface area contributed by atoms with Gasteiger partial charge in [-0.05, 0) is 43.4 Å². The van der Waals surface area contributed by atoms with Crippen LogP contribution < -0.4 is 4.90 Å². The van der Waals surface area contributed by atoms with Crippen molar-refractivity contribution >= 4 is 50.1 Å². The van der Waals surface area contributed by atoms with Crippen molar-refractivity contribution in [3.63, 3.8) is 0 Å². The summed E-state index contributed by atoms with van der Waals surface area (Å²) in [5.74, 6) is 0.989. The number of hydrogen-bond donors (Lipinski definition) is 0. The Bertz CT molecular complexity index is 737. The molecule has 2 aliphatic rings. The first-order chi connectivity index (χ1) is 11.3. The molecule has 0 bridgehead atoms. The molecule has 0 radical (unpaired) electrons. The monoisotopic (exact) mass is 461 g/mol. The fraction of sp³-hybridized carbons (Fsp3) is 0.667. The number of imidazole rings is 1. The number of likely N-dealkylation sites (tertiary alicyclic amines) is 1. The van der Waals surface area contributed by atoms with Crippen molar-refractivity contribution in [2.24, 2.45) is 11.8 Å². The highest BCUT2D eigenvalue weighted by Crippen LogP contribution is 2.36. The molecule has 24 heavy (non-hydrogen) atoms. The van der Waals surface area contributed by atoms with Gasteiger partial charge in [0.15, 0.2) is 0 Å². The van der Waals surface area contributed by atoms with Gasteiger partial charge in [-0.25, -0.2) is 14.3 Å². The lowest BCUT2D eigenvalue weighted by Crippen LogP contribution is -2.37. The van der Waals surface area contributed by atoms with Crippen molar-refractivity contribution in [2.75, 3.05) is 31.1 Å². The molecule has 0 saturated carbocycles. The Labute approximate surface area is 158 Å². The number of nitrogens with zero attached hydrogens (tertiary/aromatic N) is 5. The fourth-order valence-electron chi connectivity index (χ4n) is 3.42. The van der Waals surface area contributed by atoms with Crippen LogP contribution in [0.25, 0.3) is 4.96 Å². The third-order valence-electron chi connectivity index (χ3n) is 4.41. The van der Waals surface area contributed by atoms with E-state index in [9.17, 15) is 4.79 Å². The van der Waals surface area contributed by atoms with Crippen LogP contribution in [0.3, 0.4) is 0 Å². The predicted molar refractivity (Wildman–Crippen MR) is 101 cm³/mol. The quantitative estimate of drug-likeness (QED) is 0.612. The van der Waals surface area contributed by atoms with E-state index in [0.717, 1.165) is 40.0 Å². The highest BCUT2D eigenvalue weighted by Gasteiger charge is 2.43. The fourth-order valence-corrected chi connectivity index (χ4v) is 4.97. The van der Waals surface area contributed by atoms with E-state index in [0.29, 0.717) is 11.8 Å². The summed E-state index contributed by atoms with van der Waals surface area (Å²) in [6.45, 7) is 9.15. The maximum Gasteiger partial charge on any atom is 0.410 e. The summed E-state index contributed by atoms with van der Waals surface area (Å²) < 4.78 is 8.30. The molecule has 2 aromatic rings. The topological polar surface area (TPSA) is 63.0 Å². The second kappa shape index (κ2) is 5.72. The minimum Gasteiger partial charge on any atom is -0.444 e. The lowest BCUT2D eigenvalue weighted by molar-refractivity contribution is 0.0282. The number of fused-ring (bicyclic) bond motifs is 2. The smallest absolute Gasteiger partial charge is 0.410 e. The van der Waals surface area contributed by atoms with Gasteiger partial charge in [-0.15, -0.1) is 5.10 Å². The zero-order valence-corrected chi connectivity index (χ0v) is 16.9. The molecule has 4 rings (SSSR count). The number of rotatable bonds is 1. The maximum atomic E-state index is 12.2.